The highest BCUT2D eigenvalue weighted by Crippen LogP contribution is 2.25. The number of methoxy groups -OCH3 is 1. The van der Waals surface area contributed by atoms with Gasteiger partial charge in [0.25, 0.3) is 11.8 Å². The summed E-state index contributed by atoms with van der Waals surface area (Å²) in [6.07, 6.45) is 0. The number of ether oxygens (including phenoxy) is 2. The van der Waals surface area contributed by atoms with Crippen LogP contribution in [0.3, 0.4) is 0 Å². The zero-order valence-corrected chi connectivity index (χ0v) is 16.2. The Bertz CT molecular complexity index is 806. The van der Waals surface area contributed by atoms with Crippen molar-refractivity contribution in [3.05, 3.63) is 58.6 Å². The minimum Gasteiger partial charge on any atom is -0.497 e. The van der Waals surface area contributed by atoms with Gasteiger partial charge in [-0.05, 0) is 41.8 Å². The minimum absolute atomic E-state index is 0.130. The predicted octanol–water partition coefficient (Wildman–Crippen LogP) is 3.34. The van der Waals surface area contributed by atoms with E-state index in [4.69, 9.17) is 26.8 Å². The maximum absolute atomic E-state index is 12.4. The molecule has 0 saturated carbocycles. The normalized spacial score (nSPS) is 11.7. The predicted molar refractivity (Wildman–Crippen MR) is 104 cm³/mol. The van der Waals surface area contributed by atoms with Gasteiger partial charge in [0.05, 0.1) is 18.7 Å². The number of primary amides is 1. The number of rotatable bonds is 8. The molecular formula is C20H23ClN2O4. The van der Waals surface area contributed by atoms with E-state index in [1.165, 1.54) is 12.1 Å². The van der Waals surface area contributed by atoms with Crippen molar-refractivity contribution >= 4 is 23.4 Å². The third-order valence-corrected chi connectivity index (χ3v) is 4.26. The average Bonchev–Trinajstić information content (AvgIpc) is 2.64. The summed E-state index contributed by atoms with van der Waals surface area (Å²) in [6, 6.07) is 11.8. The second kappa shape index (κ2) is 9.28. The molecule has 2 amide bonds. The van der Waals surface area contributed by atoms with E-state index in [0.29, 0.717) is 5.02 Å². The van der Waals surface area contributed by atoms with Crippen LogP contribution in [0.4, 0.5) is 0 Å². The van der Waals surface area contributed by atoms with Crippen molar-refractivity contribution in [2.75, 3.05) is 13.7 Å². The van der Waals surface area contributed by atoms with E-state index in [1.54, 1.807) is 13.2 Å². The van der Waals surface area contributed by atoms with Crippen LogP contribution in [0.2, 0.25) is 5.02 Å². The number of amides is 2. The van der Waals surface area contributed by atoms with Gasteiger partial charge in [0.15, 0.2) is 6.61 Å². The molecule has 27 heavy (non-hydrogen) atoms. The van der Waals surface area contributed by atoms with Crippen molar-refractivity contribution in [2.24, 2.45) is 11.7 Å². The molecule has 0 saturated heterocycles. The first-order valence-electron chi connectivity index (χ1n) is 8.47. The van der Waals surface area contributed by atoms with Gasteiger partial charge in [0.1, 0.15) is 11.5 Å². The Morgan fingerprint density at radius 1 is 1.15 bits per heavy atom. The van der Waals surface area contributed by atoms with Gasteiger partial charge >= 0.3 is 0 Å². The van der Waals surface area contributed by atoms with E-state index in [2.05, 4.69) is 5.32 Å². The zero-order chi connectivity index (χ0) is 20.0. The number of hydrogen-bond acceptors (Lipinski definition) is 4. The number of nitrogens with one attached hydrogen (secondary N) is 1. The van der Waals surface area contributed by atoms with Crippen molar-refractivity contribution in [1.82, 2.24) is 5.32 Å². The van der Waals surface area contributed by atoms with Gasteiger partial charge in [-0.3, -0.25) is 9.59 Å². The average molecular weight is 391 g/mol. The quantitative estimate of drug-likeness (QED) is 0.723. The number of halogens is 1. The molecule has 0 aliphatic heterocycles. The van der Waals surface area contributed by atoms with E-state index in [9.17, 15) is 9.59 Å². The first kappa shape index (κ1) is 20.6. The lowest BCUT2D eigenvalue weighted by Gasteiger charge is -2.23. The molecule has 3 N–H and O–H groups in total. The summed E-state index contributed by atoms with van der Waals surface area (Å²) < 4.78 is 10.6. The Labute approximate surface area is 163 Å². The fourth-order valence-corrected chi connectivity index (χ4v) is 2.80. The molecule has 2 aromatic rings. The van der Waals surface area contributed by atoms with Gasteiger partial charge < -0.3 is 20.5 Å². The number of hydrogen-bond donors (Lipinski definition) is 2. The van der Waals surface area contributed by atoms with E-state index < -0.39 is 5.91 Å². The van der Waals surface area contributed by atoms with Crippen LogP contribution in [0.5, 0.6) is 11.5 Å². The lowest BCUT2D eigenvalue weighted by atomic mass is 9.96. The van der Waals surface area contributed by atoms with E-state index in [0.717, 1.165) is 11.3 Å². The van der Waals surface area contributed by atoms with Gasteiger partial charge in [-0.25, -0.2) is 0 Å². The molecule has 0 heterocycles. The molecule has 0 aliphatic carbocycles. The molecule has 6 nitrogen and oxygen atoms in total. The standard InChI is InChI=1S/C20H23ClN2O4/c1-12(2)19(13-4-7-15(26-3)8-5-13)23-18(24)11-27-17-9-6-14(21)10-16(17)20(22)25/h4-10,12,19H,11H2,1-3H3,(H2,22,25)(H,23,24). The molecule has 0 bridgehead atoms. The molecule has 0 fully saturated rings. The van der Waals surface area contributed by atoms with Crippen molar-refractivity contribution in [3.8, 4) is 11.5 Å². The topological polar surface area (TPSA) is 90.7 Å². The Morgan fingerprint density at radius 3 is 2.37 bits per heavy atom. The highest BCUT2D eigenvalue weighted by Gasteiger charge is 2.19. The fourth-order valence-electron chi connectivity index (χ4n) is 2.63. The van der Waals surface area contributed by atoms with Gasteiger partial charge in [-0.2, -0.15) is 0 Å². The van der Waals surface area contributed by atoms with Gasteiger partial charge in [0, 0.05) is 5.02 Å². The molecule has 1 atom stereocenters. The van der Waals surface area contributed by atoms with Crippen LogP contribution < -0.4 is 20.5 Å². The molecule has 0 radical (unpaired) electrons. The summed E-state index contributed by atoms with van der Waals surface area (Å²) in [5.41, 5.74) is 6.41. The van der Waals surface area contributed by atoms with Gasteiger partial charge in [0.2, 0.25) is 0 Å². The summed E-state index contributed by atoms with van der Waals surface area (Å²) in [7, 11) is 1.60. The van der Waals surface area contributed by atoms with Crippen LogP contribution in [-0.4, -0.2) is 25.5 Å². The SMILES string of the molecule is COc1ccc(C(NC(=O)COc2ccc(Cl)cc2C(N)=O)C(C)C)cc1. The molecule has 0 aliphatic rings. The van der Waals surface area contributed by atoms with Crippen molar-refractivity contribution in [3.63, 3.8) is 0 Å². The molecular weight excluding hydrogens is 368 g/mol. The third kappa shape index (κ3) is 5.62. The van der Waals surface area contributed by atoms with Crippen LogP contribution >= 0.6 is 11.6 Å². The second-order valence-corrected chi connectivity index (χ2v) is 6.79. The maximum Gasteiger partial charge on any atom is 0.258 e. The third-order valence-electron chi connectivity index (χ3n) is 4.02. The molecule has 2 aromatic carbocycles. The Kier molecular flexibility index (Phi) is 7.07. The highest BCUT2D eigenvalue weighted by atomic mass is 35.5. The molecule has 0 spiro atoms. The lowest BCUT2D eigenvalue weighted by Crippen LogP contribution is -2.35. The van der Waals surface area contributed by atoms with Crippen molar-refractivity contribution in [2.45, 2.75) is 19.9 Å². The number of benzene rings is 2. The van der Waals surface area contributed by atoms with Gasteiger partial charge in [-0.1, -0.05) is 37.6 Å². The lowest BCUT2D eigenvalue weighted by molar-refractivity contribution is -0.124. The Hall–Kier alpha value is -2.73. The Balaban J connectivity index is 2.05. The summed E-state index contributed by atoms with van der Waals surface area (Å²) in [6.45, 7) is 3.78. The van der Waals surface area contributed by atoms with Crippen LogP contribution in [0, 0.1) is 5.92 Å². The number of carbonyl (C=O) groups excluding carboxylic acids is 2. The van der Waals surface area contributed by atoms with Crippen LogP contribution in [0.15, 0.2) is 42.5 Å². The summed E-state index contributed by atoms with van der Waals surface area (Å²) in [5, 5.41) is 3.31. The van der Waals surface area contributed by atoms with Crippen LogP contribution in [0.1, 0.15) is 35.8 Å². The van der Waals surface area contributed by atoms with E-state index in [1.807, 2.05) is 38.1 Å². The number of nitrogens with two attached hydrogens (primary N) is 1. The second-order valence-electron chi connectivity index (χ2n) is 6.36. The molecule has 7 heteroatoms. The van der Waals surface area contributed by atoms with Crippen LogP contribution in [0.25, 0.3) is 0 Å². The first-order valence-corrected chi connectivity index (χ1v) is 8.85. The molecule has 1 unspecified atom stereocenters. The van der Waals surface area contributed by atoms with E-state index >= 15 is 0 Å². The largest absolute Gasteiger partial charge is 0.497 e. The monoisotopic (exact) mass is 390 g/mol. The smallest absolute Gasteiger partial charge is 0.258 e. The maximum atomic E-state index is 12.4. The number of carbonyl (C=O) groups is 2. The zero-order valence-electron chi connectivity index (χ0n) is 15.5. The summed E-state index contributed by atoms with van der Waals surface area (Å²) >= 11 is 5.87. The van der Waals surface area contributed by atoms with Crippen LogP contribution in [-0.2, 0) is 4.79 Å². The highest BCUT2D eigenvalue weighted by molar-refractivity contribution is 6.31. The van der Waals surface area contributed by atoms with Gasteiger partial charge in [-0.15, -0.1) is 0 Å². The van der Waals surface area contributed by atoms with Crippen molar-refractivity contribution in [1.29, 1.82) is 0 Å². The Morgan fingerprint density at radius 2 is 1.81 bits per heavy atom. The minimum atomic E-state index is -0.675. The molecule has 144 valence electrons. The fraction of sp³-hybridized carbons (Fsp3) is 0.300. The molecule has 0 aromatic heterocycles. The first-order chi connectivity index (χ1) is 12.8. The van der Waals surface area contributed by atoms with Crippen molar-refractivity contribution < 1.29 is 19.1 Å². The van der Waals surface area contributed by atoms with E-state index in [-0.39, 0.29) is 35.8 Å². The summed E-state index contributed by atoms with van der Waals surface area (Å²) in [5.74, 6) is 0.144. The molecule has 2 rings (SSSR count). The summed E-state index contributed by atoms with van der Waals surface area (Å²) in [4.78, 5) is 23.9.